The fourth-order valence-corrected chi connectivity index (χ4v) is 2.85. The highest BCUT2D eigenvalue weighted by molar-refractivity contribution is 5.76. The summed E-state index contributed by atoms with van der Waals surface area (Å²) in [6, 6.07) is 0.651. The Morgan fingerprint density at radius 2 is 1.94 bits per heavy atom. The van der Waals surface area contributed by atoms with E-state index in [2.05, 4.69) is 23.6 Å². The Kier molecular flexibility index (Phi) is 3.85. The zero-order chi connectivity index (χ0) is 11.5. The first-order valence-electron chi connectivity index (χ1n) is 6.68. The number of likely N-dealkylation sites (tertiary alicyclic amines) is 2. The fourth-order valence-electron chi connectivity index (χ4n) is 2.85. The Morgan fingerprint density at radius 1 is 1.25 bits per heavy atom. The van der Waals surface area contributed by atoms with E-state index in [1.165, 1.54) is 32.4 Å². The van der Waals surface area contributed by atoms with Gasteiger partial charge in [-0.1, -0.05) is 13.8 Å². The molecule has 92 valence electrons. The molecule has 2 heterocycles. The molecule has 2 rings (SSSR count). The Bertz CT molecular complexity index is 246. The minimum absolute atomic E-state index is 0.358. The number of rotatable bonds is 3. The number of hydrogen-bond donors (Lipinski definition) is 0. The molecule has 1 unspecified atom stereocenters. The molecule has 2 aliphatic heterocycles. The molecule has 2 saturated heterocycles. The molecule has 0 bridgehead atoms. The van der Waals surface area contributed by atoms with Crippen LogP contribution >= 0.6 is 0 Å². The lowest BCUT2D eigenvalue weighted by Crippen LogP contribution is -2.37. The Morgan fingerprint density at radius 3 is 2.56 bits per heavy atom. The van der Waals surface area contributed by atoms with Crippen LogP contribution in [0, 0.1) is 5.92 Å². The van der Waals surface area contributed by atoms with Crippen LogP contribution in [0.2, 0.25) is 0 Å². The van der Waals surface area contributed by atoms with Crippen molar-refractivity contribution in [2.24, 2.45) is 5.92 Å². The zero-order valence-corrected chi connectivity index (χ0v) is 10.6. The second-order valence-electron chi connectivity index (χ2n) is 5.62. The Labute approximate surface area is 98.8 Å². The fraction of sp³-hybridized carbons (Fsp3) is 0.923. The van der Waals surface area contributed by atoms with Gasteiger partial charge in [-0.25, -0.2) is 0 Å². The molecule has 2 fully saturated rings. The third-order valence-corrected chi connectivity index (χ3v) is 3.76. The first-order valence-corrected chi connectivity index (χ1v) is 6.68. The summed E-state index contributed by atoms with van der Waals surface area (Å²) in [5.74, 6) is 0.843. The van der Waals surface area contributed by atoms with Crippen LogP contribution in [0.3, 0.4) is 0 Å². The summed E-state index contributed by atoms with van der Waals surface area (Å²) in [6.07, 6.45) is 4.59. The third-order valence-electron chi connectivity index (χ3n) is 3.76. The van der Waals surface area contributed by atoms with Crippen LogP contribution in [0.25, 0.3) is 0 Å². The van der Waals surface area contributed by atoms with Crippen LogP contribution in [0.4, 0.5) is 0 Å². The van der Waals surface area contributed by atoms with E-state index in [0.29, 0.717) is 24.3 Å². The van der Waals surface area contributed by atoms with E-state index in [-0.39, 0.29) is 0 Å². The van der Waals surface area contributed by atoms with Gasteiger partial charge in [0, 0.05) is 25.6 Å². The van der Waals surface area contributed by atoms with Crippen molar-refractivity contribution in [1.29, 1.82) is 0 Å². The van der Waals surface area contributed by atoms with Crippen molar-refractivity contribution in [3.8, 4) is 0 Å². The largest absolute Gasteiger partial charge is 0.341 e. The van der Waals surface area contributed by atoms with Crippen molar-refractivity contribution in [3.63, 3.8) is 0 Å². The molecule has 0 aromatic carbocycles. The molecule has 0 radical (unpaired) electrons. The average Bonchev–Trinajstić information content (AvgIpc) is 2.87. The molecule has 0 spiro atoms. The van der Waals surface area contributed by atoms with Gasteiger partial charge in [0.05, 0.1) is 0 Å². The lowest BCUT2D eigenvalue weighted by molar-refractivity contribution is -0.131. The highest BCUT2D eigenvalue weighted by atomic mass is 16.2. The molecule has 2 aliphatic rings. The second kappa shape index (κ2) is 5.17. The average molecular weight is 224 g/mol. The van der Waals surface area contributed by atoms with E-state index in [9.17, 15) is 4.79 Å². The van der Waals surface area contributed by atoms with Gasteiger partial charge in [-0.2, -0.15) is 0 Å². The molecular formula is C13H24N2O. The molecule has 0 aliphatic carbocycles. The maximum Gasteiger partial charge on any atom is 0.222 e. The van der Waals surface area contributed by atoms with Gasteiger partial charge < -0.3 is 4.90 Å². The van der Waals surface area contributed by atoms with E-state index < -0.39 is 0 Å². The van der Waals surface area contributed by atoms with E-state index in [1.807, 2.05) is 0 Å². The molecule has 0 saturated carbocycles. The van der Waals surface area contributed by atoms with Crippen LogP contribution in [0.5, 0.6) is 0 Å². The third kappa shape index (κ3) is 2.76. The van der Waals surface area contributed by atoms with Gasteiger partial charge in [-0.15, -0.1) is 0 Å². The molecule has 0 N–H and O–H groups in total. The number of carbonyl (C=O) groups excluding carboxylic acids is 1. The molecule has 1 atom stereocenters. The highest BCUT2D eigenvalue weighted by Gasteiger charge is 2.31. The number of amides is 1. The lowest BCUT2D eigenvalue weighted by atomic mass is 10.1. The van der Waals surface area contributed by atoms with Gasteiger partial charge in [0.1, 0.15) is 0 Å². The van der Waals surface area contributed by atoms with Gasteiger partial charge in [0.2, 0.25) is 5.91 Å². The van der Waals surface area contributed by atoms with Crippen LogP contribution in [0.15, 0.2) is 0 Å². The highest BCUT2D eigenvalue weighted by Crippen LogP contribution is 2.21. The van der Waals surface area contributed by atoms with E-state index in [1.54, 1.807) is 0 Å². The van der Waals surface area contributed by atoms with Gasteiger partial charge >= 0.3 is 0 Å². The van der Waals surface area contributed by atoms with Gasteiger partial charge in [0.15, 0.2) is 0 Å². The molecule has 3 heteroatoms. The lowest BCUT2D eigenvalue weighted by Gasteiger charge is -2.23. The van der Waals surface area contributed by atoms with Crippen molar-refractivity contribution in [1.82, 2.24) is 9.80 Å². The van der Waals surface area contributed by atoms with Crippen LogP contribution in [-0.4, -0.2) is 47.9 Å². The van der Waals surface area contributed by atoms with Crippen molar-refractivity contribution < 1.29 is 4.79 Å². The van der Waals surface area contributed by atoms with E-state index in [4.69, 9.17) is 0 Å². The van der Waals surface area contributed by atoms with E-state index >= 15 is 0 Å². The molecular weight excluding hydrogens is 200 g/mol. The van der Waals surface area contributed by atoms with Gasteiger partial charge in [-0.05, 0) is 38.3 Å². The van der Waals surface area contributed by atoms with Crippen LogP contribution in [0.1, 0.15) is 39.5 Å². The van der Waals surface area contributed by atoms with Crippen LogP contribution in [-0.2, 0) is 4.79 Å². The summed E-state index contributed by atoms with van der Waals surface area (Å²) in [4.78, 5) is 16.6. The quantitative estimate of drug-likeness (QED) is 0.729. The van der Waals surface area contributed by atoms with Gasteiger partial charge in [0.25, 0.3) is 0 Å². The minimum Gasteiger partial charge on any atom is -0.341 e. The zero-order valence-electron chi connectivity index (χ0n) is 10.6. The number of carbonyl (C=O) groups is 1. The Hall–Kier alpha value is -0.570. The molecule has 3 nitrogen and oxygen atoms in total. The van der Waals surface area contributed by atoms with Crippen molar-refractivity contribution in [3.05, 3.63) is 0 Å². The normalized spacial score (nSPS) is 26.9. The smallest absolute Gasteiger partial charge is 0.222 e. The Balaban J connectivity index is 1.80. The number of nitrogens with zero attached hydrogens (tertiary/aromatic N) is 2. The summed E-state index contributed by atoms with van der Waals surface area (Å²) >= 11 is 0. The standard InChI is InChI=1S/C13H24N2O/c1-11(2)9-13(16)15-8-5-12(10-15)14-6-3-4-7-14/h11-12H,3-10H2,1-2H3. The summed E-state index contributed by atoms with van der Waals surface area (Å²) in [5.41, 5.74) is 0. The maximum atomic E-state index is 11.9. The summed E-state index contributed by atoms with van der Waals surface area (Å²) in [6.45, 7) is 8.68. The summed E-state index contributed by atoms with van der Waals surface area (Å²) < 4.78 is 0. The maximum absolute atomic E-state index is 11.9. The summed E-state index contributed by atoms with van der Waals surface area (Å²) in [7, 11) is 0. The number of hydrogen-bond acceptors (Lipinski definition) is 2. The predicted octanol–water partition coefficient (Wildman–Crippen LogP) is 1.73. The second-order valence-corrected chi connectivity index (χ2v) is 5.62. The van der Waals surface area contributed by atoms with Crippen molar-refractivity contribution in [2.75, 3.05) is 26.2 Å². The monoisotopic (exact) mass is 224 g/mol. The SMILES string of the molecule is CC(C)CC(=O)N1CCC(N2CCCC2)C1. The van der Waals surface area contributed by atoms with Crippen molar-refractivity contribution in [2.45, 2.75) is 45.6 Å². The molecule has 1 amide bonds. The predicted molar refractivity (Wildman–Crippen MR) is 65.2 cm³/mol. The molecule has 0 aromatic rings. The van der Waals surface area contributed by atoms with Crippen molar-refractivity contribution >= 4 is 5.91 Å². The first kappa shape index (κ1) is 11.9. The van der Waals surface area contributed by atoms with Gasteiger partial charge in [-0.3, -0.25) is 9.69 Å². The molecule has 16 heavy (non-hydrogen) atoms. The topological polar surface area (TPSA) is 23.6 Å². The van der Waals surface area contributed by atoms with Crippen LogP contribution < -0.4 is 0 Å². The van der Waals surface area contributed by atoms with E-state index in [0.717, 1.165) is 13.1 Å². The first-order chi connectivity index (χ1) is 7.66. The minimum atomic E-state index is 0.358. The summed E-state index contributed by atoms with van der Waals surface area (Å²) in [5, 5.41) is 0. The molecule has 0 aromatic heterocycles.